The highest BCUT2D eigenvalue weighted by Crippen LogP contribution is 2.47. The van der Waals surface area contributed by atoms with Crippen molar-refractivity contribution < 1.29 is 28.6 Å². The summed E-state index contributed by atoms with van der Waals surface area (Å²) in [6.07, 6.45) is 0.905. The lowest BCUT2D eigenvalue weighted by molar-refractivity contribution is -0.140. The Morgan fingerprint density at radius 3 is 2.37 bits per heavy atom. The van der Waals surface area contributed by atoms with Crippen LogP contribution in [0.2, 0.25) is 5.02 Å². The van der Waals surface area contributed by atoms with Crippen molar-refractivity contribution in [3.63, 3.8) is 0 Å². The minimum absolute atomic E-state index is 0.0187. The molecule has 0 radical (unpaired) electrons. The van der Waals surface area contributed by atoms with Crippen molar-refractivity contribution in [2.45, 2.75) is 52.4 Å². The average molecular weight is 538 g/mol. The Morgan fingerprint density at radius 1 is 1.05 bits per heavy atom. The summed E-state index contributed by atoms with van der Waals surface area (Å²) in [4.78, 5) is 38.7. The number of hydrogen-bond acceptors (Lipinski definition) is 7. The molecule has 0 fully saturated rings. The van der Waals surface area contributed by atoms with Crippen molar-refractivity contribution in [1.82, 2.24) is 5.32 Å². The number of carbonyl (C=O) groups is 3. The lowest BCUT2D eigenvalue weighted by Gasteiger charge is -2.37. The number of dihydropyridines is 1. The van der Waals surface area contributed by atoms with Gasteiger partial charge in [-0.05, 0) is 60.6 Å². The molecule has 0 saturated carbocycles. The van der Waals surface area contributed by atoms with E-state index in [4.69, 9.17) is 25.8 Å². The van der Waals surface area contributed by atoms with E-state index < -0.39 is 17.9 Å². The maximum absolute atomic E-state index is 13.8. The maximum Gasteiger partial charge on any atom is 0.336 e. The van der Waals surface area contributed by atoms with Gasteiger partial charge in [0.05, 0.1) is 19.3 Å². The summed E-state index contributed by atoms with van der Waals surface area (Å²) in [5, 5.41) is 4.00. The van der Waals surface area contributed by atoms with Gasteiger partial charge in [0, 0.05) is 41.3 Å². The number of esters is 2. The second-order valence-electron chi connectivity index (χ2n) is 10.1. The minimum atomic E-state index is -0.662. The van der Waals surface area contributed by atoms with Crippen molar-refractivity contribution in [1.29, 1.82) is 0 Å². The second kappa shape index (κ2) is 11.4. The summed E-state index contributed by atoms with van der Waals surface area (Å²) in [6.45, 7) is 7.32. The fraction of sp³-hybridized carbons (Fsp3) is 0.367. The Bertz CT molecular complexity index is 1320. The number of hydrogen-bond donors (Lipinski definition) is 1. The van der Waals surface area contributed by atoms with Crippen molar-refractivity contribution >= 4 is 29.3 Å². The molecule has 2 aliphatic rings. The molecule has 2 aromatic carbocycles. The van der Waals surface area contributed by atoms with E-state index in [0.29, 0.717) is 46.0 Å². The largest absolute Gasteiger partial charge is 0.493 e. The van der Waals surface area contributed by atoms with E-state index in [9.17, 15) is 14.4 Å². The maximum atomic E-state index is 13.8. The van der Waals surface area contributed by atoms with Crippen LogP contribution in [0.15, 0.2) is 65.0 Å². The SMILES string of the molecule is COc1cc([C@@H]2C(C(=O)OCC(C)C)=C(C)NC3=C2C(=O)C[C@H](c2ccc(Cl)cc2)C3)ccc1OC(C)=O. The molecule has 200 valence electrons. The average Bonchev–Trinajstić information content (AvgIpc) is 2.86. The Morgan fingerprint density at radius 2 is 1.74 bits per heavy atom. The molecule has 0 spiro atoms. The Kier molecular flexibility index (Phi) is 8.26. The van der Waals surface area contributed by atoms with Crippen LogP contribution in [0.1, 0.15) is 63.5 Å². The van der Waals surface area contributed by atoms with Gasteiger partial charge in [-0.2, -0.15) is 0 Å². The van der Waals surface area contributed by atoms with E-state index in [1.165, 1.54) is 14.0 Å². The van der Waals surface area contributed by atoms with Gasteiger partial charge in [-0.15, -0.1) is 0 Å². The fourth-order valence-electron chi connectivity index (χ4n) is 5.04. The Balaban J connectivity index is 1.80. The number of carbonyl (C=O) groups excluding carboxylic acids is 3. The highest BCUT2D eigenvalue weighted by molar-refractivity contribution is 6.30. The smallest absolute Gasteiger partial charge is 0.336 e. The molecule has 1 N–H and O–H groups in total. The number of nitrogens with one attached hydrogen (secondary N) is 1. The van der Waals surface area contributed by atoms with Crippen LogP contribution >= 0.6 is 11.6 Å². The van der Waals surface area contributed by atoms with Crippen molar-refractivity contribution in [2.24, 2.45) is 5.92 Å². The second-order valence-corrected chi connectivity index (χ2v) is 10.5. The third-order valence-electron chi connectivity index (χ3n) is 6.71. The summed E-state index contributed by atoms with van der Waals surface area (Å²) in [6, 6.07) is 12.6. The molecule has 2 aromatic rings. The molecule has 8 heteroatoms. The highest BCUT2D eigenvalue weighted by atomic mass is 35.5. The van der Waals surface area contributed by atoms with Gasteiger partial charge in [-0.3, -0.25) is 9.59 Å². The molecule has 0 bridgehead atoms. The number of rotatable bonds is 7. The molecule has 2 atom stereocenters. The zero-order valence-corrected chi connectivity index (χ0v) is 23.0. The molecule has 1 aliphatic heterocycles. The first kappa shape index (κ1) is 27.5. The van der Waals surface area contributed by atoms with Gasteiger partial charge in [0.25, 0.3) is 0 Å². The molecule has 0 unspecified atom stereocenters. The first-order valence-corrected chi connectivity index (χ1v) is 13.0. The fourth-order valence-corrected chi connectivity index (χ4v) is 5.16. The molecule has 0 amide bonds. The number of allylic oxidation sites excluding steroid dienone is 3. The van der Waals surface area contributed by atoms with Gasteiger partial charge >= 0.3 is 11.9 Å². The van der Waals surface area contributed by atoms with Crippen LogP contribution in [0.3, 0.4) is 0 Å². The van der Waals surface area contributed by atoms with Gasteiger partial charge in [0.1, 0.15) is 0 Å². The Labute approximate surface area is 227 Å². The number of benzene rings is 2. The first-order valence-electron chi connectivity index (χ1n) is 12.6. The summed E-state index contributed by atoms with van der Waals surface area (Å²) < 4.78 is 16.4. The van der Waals surface area contributed by atoms with E-state index in [1.807, 2.05) is 45.0 Å². The molecular formula is C30H32ClNO6. The highest BCUT2D eigenvalue weighted by Gasteiger charge is 2.41. The number of methoxy groups -OCH3 is 1. The normalized spacial score (nSPS) is 19.2. The van der Waals surface area contributed by atoms with Crippen LogP contribution in [0.25, 0.3) is 0 Å². The van der Waals surface area contributed by atoms with E-state index in [-0.39, 0.29) is 30.0 Å². The first-order chi connectivity index (χ1) is 18.1. The molecular weight excluding hydrogens is 506 g/mol. The lowest BCUT2D eigenvalue weighted by atomic mass is 9.71. The molecule has 4 rings (SSSR count). The van der Waals surface area contributed by atoms with Crippen LogP contribution in [0, 0.1) is 5.92 Å². The zero-order valence-electron chi connectivity index (χ0n) is 22.2. The molecule has 0 saturated heterocycles. The third-order valence-corrected chi connectivity index (χ3v) is 6.96. The molecule has 0 aromatic heterocycles. The molecule has 7 nitrogen and oxygen atoms in total. The zero-order chi connectivity index (χ0) is 27.6. The summed E-state index contributed by atoms with van der Waals surface area (Å²) in [5.74, 6) is -0.942. The summed E-state index contributed by atoms with van der Waals surface area (Å²) >= 11 is 6.07. The predicted molar refractivity (Wildman–Crippen MR) is 144 cm³/mol. The molecule has 1 heterocycles. The van der Waals surface area contributed by atoms with Gasteiger partial charge in [0.15, 0.2) is 17.3 Å². The van der Waals surface area contributed by atoms with E-state index in [1.54, 1.807) is 18.2 Å². The predicted octanol–water partition coefficient (Wildman–Crippen LogP) is 5.83. The molecule has 38 heavy (non-hydrogen) atoms. The van der Waals surface area contributed by atoms with Crippen molar-refractivity contribution in [3.05, 3.63) is 81.2 Å². The number of Topliss-reactive ketones (excluding diaryl/α,β-unsaturated/α-hetero) is 1. The van der Waals surface area contributed by atoms with Crippen LogP contribution in [-0.4, -0.2) is 31.4 Å². The van der Waals surface area contributed by atoms with E-state index in [2.05, 4.69) is 5.32 Å². The van der Waals surface area contributed by atoms with Crippen LogP contribution in [0.4, 0.5) is 0 Å². The van der Waals surface area contributed by atoms with E-state index >= 15 is 0 Å². The monoisotopic (exact) mass is 537 g/mol. The molecule has 1 aliphatic carbocycles. The van der Waals surface area contributed by atoms with Gasteiger partial charge in [0.2, 0.25) is 0 Å². The van der Waals surface area contributed by atoms with Crippen molar-refractivity contribution in [3.8, 4) is 11.5 Å². The standard InChI is InChI=1S/C30H32ClNO6/c1-16(2)15-37-30(35)27-17(3)32-23-12-21(19-6-9-22(31)10-7-19)13-24(34)29(23)28(27)20-8-11-25(38-18(4)33)26(14-20)36-5/h6-11,14,16,21,28,32H,12-13,15H2,1-5H3/t21-,28-/m1/s1. The number of halogens is 1. The summed E-state index contributed by atoms with van der Waals surface area (Å²) in [5.41, 5.74) is 4.04. The third kappa shape index (κ3) is 5.78. The minimum Gasteiger partial charge on any atom is -0.493 e. The van der Waals surface area contributed by atoms with Crippen LogP contribution < -0.4 is 14.8 Å². The Hall–Kier alpha value is -3.58. The van der Waals surface area contributed by atoms with Crippen LogP contribution in [0.5, 0.6) is 11.5 Å². The quantitative estimate of drug-likeness (QED) is 0.351. The topological polar surface area (TPSA) is 90.9 Å². The van der Waals surface area contributed by atoms with Gasteiger partial charge in [-0.1, -0.05) is 43.6 Å². The summed E-state index contributed by atoms with van der Waals surface area (Å²) in [7, 11) is 1.47. The van der Waals surface area contributed by atoms with E-state index in [0.717, 1.165) is 11.3 Å². The van der Waals surface area contributed by atoms with Gasteiger partial charge < -0.3 is 19.5 Å². The number of ether oxygens (including phenoxy) is 3. The number of ketones is 1. The van der Waals surface area contributed by atoms with Gasteiger partial charge in [-0.25, -0.2) is 4.79 Å². The van der Waals surface area contributed by atoms with Crippen molar-refractivity contribution in [2.75, 3.05) is 13.7 Å². The lowest BCUT2D eigenvalue weighted by Crippen LogP contribution is -2.36. The van der Waals surface area contributed by atoms with Crippen LogP contribution in [-0.2, 0) is 19.1 Å².